The van der Waals surface area contributed by atoms with Crippen molar-refractivity contribution in [1.82, 2.24) is 15.1 Å². The Morgan fingerprint density at radius 2 is 1.88 bits per heavy atom. The zero-order valence-corrected chi connectivity index (χ0v) is 15.8. The zero-order valence-electron chi connectivity index (χ0n) is 15.1. The van der Waals surface area contributed by atoms with Gasteiger partial charge in [-0.15, -0.1) is 0 Å². The second kappa shape index (κ2) is 7.84. The molecule has 0 aliphatic rings. The lowest BCUT2D eigenvalue weighted by molar-refractivity contribution is -0.123. The van der Waals surface area contributed by atoms with Crippen LogP contribution in [0.5, 0.6) is 0 Å². The maximum atomic E-state index is 12.5. The van der Waals surface area contributed by atoms with E-state index in [0.29, 0.717) is 10.9 Å². The van der Waals surface area contributed by atoms with Gasteiger partial charge in [-0.1, -0.05) is 56.6 Å². The summed E-state index contributed by atoms with van der Waals surface area (Å²) in [5.74, 6) is 0.237. The van der Waals surface area contributed by atoms with Crippen LogP contribution >= 0.6 is 11.6 Å². The molecule has 2 rings (SSSR count). The van der Waals surface area contributed by atoms with E-state index in [-0.39, 0.29) is 18.5 Å². The number of aromatic nitrogens is 2. The van der Waals surface area contributed by atoms with Crippen molar-refractivity contribution in [3.05, 3.63) is 51.8 Å². The smallest absolute Gasteiger partial charge is 0.242 e. The van der Waals surface area contributed by atoms with E-state index in [0.717, 1.165) is 23.4 Å². The molecule has 0 radical (unpaired) electrons. The standard InChI is InChI=1S/C19H26ClN3O/c1-6-15-7-9-16(10-8-15)19(12(2)3)21-17(24)11-23-14(5)18(20)13(4)22-23/h7-10,12,19H,6,11H2,1-5H3,(H,21,24). The second-order valence-electron chi connectivity index (χ2n) is 6.53. The number of rotatable bonds is 6. The normalized spacial score (nSPS) is 12.5. The minimum absolute atomic E-state index is 0.0177. The van der Waals surface area contributed by atoms with Crippen molar-refractivity contribution in [3.8, 4) is 0 Å². The molecule has 1 unspecified atom stereocenters. The topological polar surface area (TPSA) is 46.9 Å². The zero-order chi connectivity index (χ0) is 17.9. The number of carbonyl (C=O) groups excluding carboxylic acids is 1. The summed E-state index contributed by atoms with van der Waals surface area (Å²) in [6.07, 6.45) is 1.01. The van der Waals surface area contributed by atoms with E-state index < -0.39 is 0 Å². The molecule has 0 spiro atoms. The molecular weight excluding hydrogens is 322 g/mol. The number of amides is 1. The molecule has 130 valence electrons. The molecule has 5 heteroatoms. The van der Waals surface area contributed by atoms with Crippen molar-refractivity contribution in [2.45, 2.75) is 53.6 Å². The van der Waals surface area contributed by atoms with Gasteiger partial charge >= 0.3 is 0 Å². The van der Waals surface area contributed by atoms with E-state index in [2.05, 4.69) is 55.5 Å². The Morgan fingerprint density at radius 3 is 2.33 bits per heavy atom. The van der Waals surface area contributed by atoms with Gasteiger partial charge in [-0.25, -0.2) is 0 Å². The number of nitrogens with one attached hydrogen (secondary N) is 1. The summed E-state index contributed by atoms with van der Waals surface area (Å²) in [6, 6.07) is 8.43. The van der Waals surface area contributed by atoms with Crippen LogP contribution in [0.2, 0.25) is 5.02 Å². The molecule has 0 saturated heterocycles. The summed E-state index contributed by atoms with van der Waals surface area (Å²) in [6.45, 7) is 10.2. The fraction of sp³-hybridized carbons (Fsp3) is 0.474. The number of halogens is 1. The highest BCUT2D eigenvalue weighted by Crippen LogP contribution is 2.23. The monoisotopic (exact) mass is 347 g/mol. The lowest BCUT2D eigenvalue weighted by Crippen LogP contribution is -2.34. The number of nitrogens with zero attached hydrogens (tertiary/aromatic N) is 2. The summed E-state index contributed by atoms with van der Waals surface area (Å²) in [5, 5.41) is 8.08. The molecule has 24 heavy (non-hydrogen) atoms. The number of benzene rings is 1. The van der Waals surface area contributed by atoms with Gasteiger partial charge in [0.15, 0.2) is 0 Å². The van der Waals surface area contributed by atoms with E-state index in [1.54, 1.807) is 4.68 Å². The molecule has 1 aromatic heterocycles. The summed E-state index contributed by atoms with van der Waals surface area (Å²) in [4.78, 5) is 12.5. The van der Waals surface area contributed by atoms with Gasteiger partial charge < -0.3 is 5.32 Å². The van der Waals surface area contributed by atoms with Crippen LogP contribution in [0.1, 0.15) is 49.3 Å². The molecule has 0 saturated carbocycles. The summed E-state index contributed by atoms with van der Waals surface area (Å²) in [7, 11) is 0. The van der Waals surface area contributed by atoms with Gasteiger partial charge in [0.25, 0.3) is 0 Å². The van der Waals surface area contributed by atoms with Crippen molar-refractivity contribution in [1.29, 1.82) is 0 Å². The predicted octanol–water partition coefficient (Wildman–Crippen LogP) is 4.23. The van der Waals surface area contributed by atoms with Crippen molar-refractivity contribution in [3.63, 3.8) is 0 Å². The quantitative estimate of drug-likeness (QED) is 0.850. The molecule has 2 aromatic rings. The van der Waals surface area contributed by atoms with Crippen molar-refractivity contribution < 1.29 is 4.79 Å². The first kappa shape index (κ1) is 18.5. The lowest BCUT2D eigenvalue weighted by Gasteiger charge is -2.23. The van der Waals surface area contributed by atoms with Crippen LogP contribution in [-0.2, 0) is 17.8 Å². The first-order valence-electron chi connectivity index (χ1n) is 8.41. The lowest BCUT2D eigenvalue weighted by atomic mass is 9.95. The van der Waals surface area contributed by atoms with Crippen molar-refractivity contribution in [2.24, 2.45) is 5.92 Å². The fourth-order valence-corrected chi connectivity index (χ4v) is 2.92. The predicted molar refractivity (Wildman–Crippen MR) is 98.3 cm³/mol. The van der Waals surface area contributed by atoms with Crippen LogP contribution in [0.15, 0.2) is 24.3 Å². The van der Waals surface area contributed by atoms with Crippen LogP contribution < -0.4 is 5.32 Å². The largest absolute Gasteiger partial charge is 0.347 e. The van der Waals surface area contributed by atoms with Crippen LogP contribution in [-0.4, -0.2) is 15.7 Å². The van der Waals surface area contributed by atoms with Crippen LogP contribution in [0.25, 0.3) is 0 Å². The maximum Gasteiger partial charge on any atom is 0.242 e. The number of hydrogen-bond donors (Lipinski definition) is 1. The minimum atomic E-state index is -0.0597. The van der Waals surface area contributed by atoms with Gasteiger partial charge in [0.05, 0.1) is 22.5 Å². The molecule has 1 heterocycles. The first-order valence-corrected chi connectivity index (χ1v) is 8.79. The van der Waals surface area contributed by atoms with Gasteiger partial charge in [0.1, 0.15) is 6.54 Å². The van der Waals surface area contributed by atoms with E-state index in [9.17, 15) is 4.79 Å². The van der Waals surface area contributed by atoms with Gasteiger partial charge in [0, 0.05) is 0 Å². The maximum absolute atomic E-state index is 12.5. The Labute approximate surface area is 149 Å². The highest BCUT2D eigenvalue weighted by molar-refractivity contribution is 6.31. The van der Waals surface area contributed by atoms with Gasteiger partial charge in [-0.2, -0.15) is 5.10 Å². The number of hydrogen-bond acceptors (Lipinski definition) is 2. The molecule has 1 N–H and O–H groups in total. The highest BCUT2D eigenvalue weighted by atomic mass is 35.5. The molecule has 1 aromatic carbocycles. The minimum Gasteiger partial charge on any atom is -0.347 e. The molecular formula is C19H26ClN3O. The Balaban J connectivity index is 2.11. The second-order valence-corrected chi connectivity index (χ2v) is 6.90. The fourth-order valence-electron chi connectivity index (χ4n) is 2.78. The number of carbonyl (C=O) groups is 1. The Bertz CT molecular complexity index is 704. The third kappa shape index (κ3) is 4.18. The first-order chi connectivity index (χ1) is 11.3. The SMILES string of the molecule is CCc1ccc(C(NC(=O)Cn2nc(C)c(Cl)c2C)C(C)C)cc1. The molecule has 1 atom stereocenters. The Morgan fingerprint density at radius 1 is 1.25 bits per heavy atom. The van der Waals surface area contributed by atoms with E-state index >= 15 is 0 Å². The molecule has 0 bridgehead atoms. The van der Waals surface area contributed by atoms with E-state index in [1.807, 2.05) is 13.8 Å². The van der Waals surface area contributed by atoms with E-state index in [1.165, 1.54) is 5.56 Å². The average molecular weight is 348 g/mol. The molecule has 0 aliphatic carbocycles. The van der Waals surface area contributed by atoms with Crippen LogP contribution in [0, 0.1) is 19.8 Å². The average Bonchev–Trinajstić information content (AvgIpc) is 2.79. The highest BCUT2D eigenvalue weighted by Gasteiger charge is 2.19. The van der Waals surface area contributed by atoms with Crippen LogP contribution in [0.4, 0.5) is 0 Å². The Kier molecular flexibility index (Phi) is 6.05. The third-order valence-electron chi connectivity index (χ3n) is 4.32. The molecule has 4 nitrogen and oxygen atoms in total. The van der Waals surface area contributed by atoms with Gasteiger partial charge in [0.2, 0.25) is 5.91 Å². The van der Waals surface area contributed by atoms with Crippen LogP contribution in [0.3, 0.4) is 0 Å². The summed E-state index contributed by atoms with van der Waals surface area (Å²) >= 11 is 6.15. The van der Waals surface area contributed by atoms with Crippen molar-refractivity contribution >= 4 is 17.5 Å². The molecule has 0 aliphatic heterocycles. The van der Waals surface area contributed by atoms with Gasteiger partial charge in [-0.05, 0) is 37.3 Å². The van der Waals surface area contributed by atoms with Crippen molar-refractivity contribution in [2.75, 3.05) is 0 Å². The third-order valence-corrected chi connectivity index (χ3v) is 4.86. The summed E-state index contributed by atoms with van der Waals surface area (Å²) < 4.78 is 1.66. The van der Waals surface area contributed by atoms with E-state index in [4.69, 9.17) is 11.6 Å². The molecule has 1 amide bonds. The van der Waals surface area contributed by atoms with Gasteiger partial charge in [-0.3, -0.25) is 9.48 Å². The molecule has 0 fully saturated rings. The number of aryl methyl sites for hydroxylation is 2. The summed E-state index contributed by atoms with van der Waals surface area (Å²) in [5.41, 5.74) is 3.99. The Hall–Kier alpha value is -1.81.